The number of esters is 1. The topological polar surface area (TPSA) is 105 Å². The first kappa shape index (κ1) is 16.5. The number of methoxy groups -OCH3 is 1. The minimum atomic E-state index is -1.12. The average molecular weight is 294 g/mol. The lowest BCUT2D eigenvalue weighted by Crippen LogP contribution is -2.46. The molecule has 0 heterocycles. The van der Waals surface area contributed by atoms with Crippen LogP contribution < -0.4 is 10.6 Å². The van der Waals surface area contributed by atoms with Gasteiger partial charge < -0.3 is 20.5 Å². The fourth-order valence-electron chi connectivity index (χ4n) is 1.69. The number of aliphatic carboxylic acids is 1. The van der Waals surface area contributed by atoms with Gasteiger partial charge in [-0.1, -0.05) is 26.0 Å². The zero-order valence-corrected chi connectivity index (χ0v) is 12.0. The number of carbonyl (C=O) groups is 3. The van der Waals surface area contributed by atoms with E-state index in [1.54, 1.807) is 26.0 Å². The Morgan fingerprint density at radius 3 is 2.33 bits per heavy atom. The van der Waals surface area contributed by atoms with E-state index in [1.165, 1.54) is 19.2 Å². The number of rotatable bonds is 5. The van der Waals surface area contributed by atoms with E-state index < -0.39 is 24.0 Å². The van der Waals surface area contributed by atoms with Crippen molar-refractivity contribution in [1.29, 1.82) is 0 Å². The zero-order valence-electron chi connectivity index (χ0n) is 12.0. The van der Waals surface area contributed by atoms with E-state index in [4.69, 9.17) is 5.11 Å². The lowest BCUT2D eigenvalue weighted by molar-refractivity contribution is -0.140. The van der Waals surface area contributed by atoms with Crippen molar-refractivity contribution in [2.75, 3.05) is 12.4 Å². The number of carboxylic acids is 1. The van der Waals surface area contributed by atoms with Crippen LogP contribution in [0, 0.1) is 5.92 Å². The summed E-state index contributed by atoms with van der Waals surface area (Å²) in [5.74, 6) is -1.99. The highest BCUT2D eigenvalue weighted by Crippen LogP contribution is 2.16. The van der Waals surface area contributed by atoms with Gasteiger partial charge in [-0.05, 0) is 18.1 Å². The summed E-state index contributed by atoms with van der Waals surface area (Å²) >= 11 is 0. The number of para-hydroxylation sites is 1. The fourth-order valence-corrected chi connectivity index (χ4v) is 1.69. The Morgan fingerprint density at radius 1 is 1.19 bits per heavy atom. The molecule has 0 aliphatic heterocycles. The van der Waals surface area contributed by atoms with E-state index in [1.807, 2.05) is 0 Å². The fraction of sp³-hybridized carbons (Fsp3) is 0.357. The number of amides is 2. The molecule has 1 rings (SSSR count). The Balaban J connectivity index is 2.84. The molecule has 1 aromatic carbocycles. The molecule has 0 bridgehead atoms. The summed E-state index contributed by atoms with van der Waals surface area (Å²) < 4.78 is 4.61. The smallest absolute Gasteiger partial charge is 0.339 e. The summed E-state index contributed by atoms with van der Waals surface area (Å²) in [5.41, 5.74) is 0.432. The SMILES string of the molecule is COC(=O)c1ccccc1NC(=O)N[C@H](C(=O)O)C(C)C. The van der Waals surface area contributed by atoms with Crippen LogP contribution in [0.1, 0.15) is 24.2 Å². The summed E-state index contributed by atoms with van der Waals surface area (Å²) in [4.78, 5) is 34.5. The number of nitrogens with one attached hydrogen (secondary N) is 2. The van der Waals surface area contributed by atoms with Crippen LogP contribution in [0.25, 0.3) is 0 Å². The van der Waals surface area contributed by atoms with Crippen molar-refractivity contribution in [3.05, 3.63) is 29.8 Å². The largest absolute Gasteiger partial charge is 0.480 e. The molecule has 0 aliphatic carbocycles. The van der Waals surface area contributed by atoms with E-state index in [0.717, 1.165) is 0 Å². The Bertz CT molecular complexity index is 542. The Hall–Kier alpha value is -2.57. The summed E-state index contributed by atoms with van der Waals surface area (Å²) in [7, 11) is 1.23. The minimum Gasteiger partial charge on any atom is -0.480 e. The molecule has 1 aromatic rings. The van der Waals surface area contributed by atoms with Crippen molar-refractivity contribution in [3.8, 4) is 0 Å². The molecule has 0 unspecified atom stereocenters. The number of carboxylic acid groups (broad SMARTS) is 1. The number of carbonyl (C=O) groups excluding carboxylic acids is 2. The quantitative estimate of drug-likeness (QED) is 0.717. The molecule has 0 radical (unpaired) electrons. The van der Waals surface area contributed by atoms with Crippen molar-refractivity contribution in [2.24, 2.45) is 5.92 Å². The molecule has 21 heavy (non-hydrogen) atoms. The van der Waals surface area contributed by atoms with Gasteiger partial charge in [0.15, 0.2) is 0 Å². The summed E-state index contributed by atoms with van der Waals surface area (Å²) in [6, 6.07) is 4.57. The van der Waals surface area contributed by atoms with Crippen LogP contribution in [-0.2, 0) is 9.53 Å². The lowest BCUT2D eigenvalue weighted by Gasteiger charge is -2.18. The number of urea groups is 1. The molecule has 0 aliphatic rings. The van der Waals surface area contributed by atoms with Gasteiger partial charge in [0.1, 0.15) is 6.04 Å². The van der Waals surface area contributed by atoms with Crippen LogP contribution in [0.3, 0.4) is 0 Å². The summed E-state index contributed by atoms with van der Waals surface area (Å²) in [5, 5.41) is 13.8. The third-order valence-corrected chi connectivity index (χ3v) is 2.80. The minimum absolute atomic E-state index is 0.187. The second-order valence-corrected chi connectivity index (χ2v) is 4.70. The van der Waals surface area contributed by atoms with Crippen LogP contribution in [0.4, 0.5) is 10.5 Å². The third-order valence-electron chi connectivity index (χ3n) is 2.80. The number of hydrogen-bond acceptors (Lipinski definition) is 4. The van der Waals surface area contributed by atoms with Crippen molar-refractivity contribution in [2.45, 2.75) is 19.9 Å². The van der Waals surface area contributed by atoms with E-state index in [2.05, 4.69) is 15.4 Å². The maximum atomic E-state index is 11.9. The third kappa shape index (κ3) is 4.48. The molecule has 0 aromatic heterocycles. The van der Waals surface area contributed by atoms with Crippen molar-refractivity contribution >= 4 is 23.7 Å². The maximum absolute atomic E-state index is 11.9. The highest BCUT2D eigenvalue weighted by atomic mass is 16.5. The van der Waals surface area contributed by atoms with Gasteiger partial charge in [-0.3, -0.25) is 0 Å². The van der Waals surface area contributed by atoms with Crippen molar-refractivity contribution < 1.29 is 24.2 Å². The lowest BCUT2D eigenvalue weighted by atomic mass is 10.1. The molecule has 7 nitrogen and oxygen atoms in total. The summed E-state index contributed by atoms with van der Waals surface area (Å²) in [6.45, 7) is 3.36. The highest BCUT2D eigenvalue weighted by Gasteiger charge is 2.24. The van der Waals surface area contributed by atoms with Crippen LogP contribution in [0.15, 0.2) is 24.3 Å². The van der Waals surface area contributed by atoms with Crippen LogP contribution in [-0.4, -0.2) is 36.2 Å². The molecule has 2 amide bonds. The Morgan fingerprint density at radius 2 is 1.81 bits per heavy atom. The first-order chi connectivity index (χ1) is 9.86. The number of ether oxygens (including phenoxy) is 1. The van der Waals surface area contributed by atoms with Gasteiger partial charge in [0, 0.05) is 0 Å². The Kier molecular flexibility index (Phi) is 5.71. The zero-order chi connectivity index (χ0) is 16.0. The molecule has 0 saturated heterocycles. The molecule has 0 saturated carbocycles. The summed E-state index contributed by atoms with van der Waals surface area (Å²) in [6.07, 6.45) is 0. The number of benzene rings is 1. The standard InChI is InChI=1S/C14H18N2O5/c1-8(2)11(12(17)18)16-14(20)15-10-7-5-4-6-9(10)13(19)21-3/h4-8,11H,1-3H3,(H,17,18)(H2,15,16,20)/t11-/m0/s1. The predicted octanol–water partition coefficient (Wildman–Crippen LogP) is 1.70. The number of hydrogen-bond donors (Lipinski definition) is 3. The molecule has 7 heteroatoms. The van der Waals surface area contributed by atoms with Crippen LogP contribution >= 0.6 is 0 Å². The Labute approximate surface area is 122 Å². The van der Waals surface area contributed by atoms with Gasteiger partial charge >= 0.3 is 18.0 Å². The van der Waals surface area contributed by atoms with Gasteiger partial charge in [-0.25, -0.2) is 14.4 Å². The molecule has 1 atom stereocenters. The van der Waals surface area contributed by atoms with Gasteiger partial charge in [-0.15, -0.1) is 0 Å². The van der Waals surface area contributed by atoms with Crippen LogP contribution in [0.2, 0.25) is 0 Å². The van der Waals surface area contributed by atoms with E-state index in [0.29, 0.717) is 0 Å². The molecule has 3 N–H and O–H groups in total. The van der Waals surface area contributed by atoms with E-state index in [9.17, 15) is 14.4 Å². The van der Waals surface area contributed by atoms with Gasteiger partial charge in [0.25, 0.3) is 0 Å². The highest BCUT2D eigenvalue weighted by molar-refractivity contribution is 6.01. The second kappa shape index (κ2) is 7.28. The van der Waals surface area contributed by atoms with E-state index in [-0.39, 0.29) is 17.2 Å². The van der Waals surface area contributed by atoms with Crippen LogP contribution in [0.5, 0.6) is 0 Å². The average Bonchev–Trinajstić information content (AvgIpc) is 2.43. The van der Waals surface area contributed by atoms with Gasteiger partial charge in [0.2, 0.25) is 0 Å². The molecule has 0 spiro atoms. The maximum Gasteiger partial charge on any atom is 0.339 e. The molecule has 0 fully saturated rings. The first-order valence-corrected chi connectivity index (χ1v) is 6.34. The molecule has 114 valence electrons. The van der Waals surface area contributed by atoms with Gasteiger partial charge in [0.05, 0.1) is 18.4 Å². The second-order valence-electron chi connectivity index (χ2n) is 4.70. The van der Waals surface area contributed by atoms with Gasteiger partial charge in [-0.2, -0.15) is 0 Å². The van der Waals surface area contributed by atoms with Crippen molar-refractivity contribution in [3.63, 3.8) is 0 Å². The normalized spacial score (nSPS) is 11.6. The molecular weight excluding hydrogens is 276 g/mol. The number of anilines is 1. The molecular formula is C14H18N2O5. The van der Waals surface area contributed by atoms with E-state index >= 15 is 0 Å². The predicted molar refractivity (Wildman–Crippen MR) is 76.2 cm³/mol. The van der Waals surface area contributed by atoms with Crippen molar-refractivity contribution in [1.82, 2.24) is 5.32 Å². The monoisotopic (exact) mass is 294 g/mol. The first-order valence-electron chi connectivity index (χ1n) is 6.34.